The Hall–Kier alpha value is -3.34. The molecule has 0 aliphatic carbocycles. The lowest BCUT2D eigenvalue weighted by atomic mass is 10.0. The van der Waals surface area contributed by atoms with E-state index in [0.29, 0.717) is 22.9 Å². The number of para-hydroxylation sites is 1. The van der Waals surface area contributed by atoms with Crippen molar-refractivity contribution >= 4 is 23.1 Å². The number of hydrogen-bond acceptors (Lipinski definition) is 4. The van der Waals surface area contributed by atoms with Crippen molar-refractivity contribution in [1.29, 1.82) is 0 Å². The van der Waals surface area contributed by atoms with E-state index < -0.39 is 0 Å². The minimum absolute atomic E-state index is 0.207. The predicted molar refractivity (Wildman–Crippen MR) is 109 cm³/mol. The average molecular weight is 361 g/mol. The molecule has 0 unspecified atom stereocenters. The fraction of sp³-hybridized carbons (Fsp3) is 0.182. The first kappa shape index (κ1) is 18.5. The topological polar surface area (TPSA) is 63.2 Å². The monoisotopic (exact) mass is 361 g/mol. The van der Waals surface area contributed by atoms with E-state index in [9.17, 15) is 4.79 Å². The Morgan fingerprint density at radius 3 is 2.56 bits per heavy atom. The summed E-state index contributed by atoms with van der Waals surface area (Å²) in [6, 6.07) is 18.9. The third-order valence-corrected chi connectivity index (χ3v) is 4.20. The molecule has 1 aromatic heterocycles. The van der Waals surface area contributed by atoms with E-state index in [1.54, 1.807) is 37.6 Å². The molecule has 0 fully saturated rings. The molecule has 0 aliphatic rings. The molecule has 3 aromatic rings. The number of methoxy groups -OCH3 is 1. The van der Waals surface area contributed by atoms with Gasteiger partial charge in [0.15, 0.2) is 0 Å². The van der Waals surface area contributed by atoms with Crippen molar-refractivity contribution in [2.24, 2.45) is 0 Å². The largest absolute Gasteiger partial charge is 0.497 e. The number of ether oxygens (including phenoxy) is 1. The van der Waals surface area contributed by atoms with Crippen LogP contribution in [0.3, 0.4) is 0 Å². The number of hydrogen-bond donors (Lipinski definition) is 2. The fourth-order valence-electron chi connectivity index (χ4n) is 2.76. The summed E-state index contributed by atoms with van der Waals surface area (Å²) in [7, 11) is 1.57. The molecular weight excluding hydrogens is 338 g/mol. The van der Waals surface area contributed by atoms with Crippen LogP contribution in [0.25, 0.3) is 0 Å². The summed E-state index contributed by atoms with van der Waals surface area (Å²) < 4.78 is 5.15. The number of amides is 1. The summed E-state index contributed by atoms with van der Waals surface area (Å²) in [6.45, 7) is 4.32. The Morgan fingerprint density at radius 2 is 1.85 bits per heavy atom. The summed E-state index contributed by atoms with van der Waals surface area (Å²) in [5.41, 5.74) is 3.43. The van der Waals surface area contributed by atoms with Gasteiger partial charge in [-0.1, -0.05) is 38.1 Å². The highest BCUT2D eigenvalue weighted by Crippen LogP contribution is 2.26. The van der Waals surface area contributed by atoms with Crippen molar-refractivity contribution in [2.45, 2.75) is 19.8 Å². The Morgan fingerprint density at radius 1 is 1.04 bits per heavy atom. The van der Waals surface area contributed by atoms with Crippen LogP contribution in [0.15, 0.2) is 66.9 Å². The van der Waals surface area contributed by atoms with Crippen LogP contribution in [-0.2, 0) is 0 Å². The van der Waals surface area contributed by atoms with E-state index in [0.717, 1.165) is 11.5 Å². The first-order valence-corrected chi connectivity index (χ1v) is 8.84. The number of carbonyl (C=O) groups excluding carboxylic acids is 1. The van der Waals surface area contributed by atoms with Crippen molar-refractivity contribution in [2.75, 3.05) is 17.7 Å². The lowest BCUT2D eigenvalue weighted by molar-refractivity contribution is 0.102. The maximum Gasteiger partial charge on any atom is 0.255 e. The number of carbonyl (C=O) groups is 1. The van der Waals surface area contributed by atoms with Gasteiger partial charge in [0.25, 0.3) is 5.91 Å². The summed E-state index contributed by atoms with van der Waals surface area (Å²) in [5, 5.41) is 6.19. The van der Waals surface area contributed by atoms with Gasteiger partial charge in [0, 0.05) is 11.3 Å². The zero-order chi connectivity index (χ0) is 19.2. The zero-order valence-corrected chi connectivity index (χ0v) is 15.7. The smallest absolute Gasteiger partial charge is 0.255 e. The normalized spacial score (nSPS) is 10.5. The van der Waals surface area contributed by atoms with Gasteiger partial charge in [-0.3, -0.25) is 4.79 Å². The number of rotatable bonds is 6. The number of anilines is 3. The molecule has 0 bridgehead atoms. The van der Waals surface area contributed by atoms with Crippen molar-refractivity contribution < 1.29 is 9.53 Å². The van der Waals surface area contributed by atoms with Crippen molar-refractivity contribution in [3.63, 3.8) is 0 Å². The van der Waals surface area contributed by atoms with E-state index in [1.165, 1.54) is 5.56 Å². The highest BCUT2D eigenvalue weighted by Gasteiger charge is 2.09. The Balaban J connectivity index is 1.69. The number of nitrogens with one attached hydrogen (secondary N) is 2. The predicted octanol–water partition coefficient (Wildman–Crippen LogP) is 5.21. The summed E-state index contributed by atoms with van der Waals surface area (Å²) in [6.07, 6.45) is 1.64. The van der Waals surface area contributed by atoms with E-state index >= 15 is 0 Å². The molecule has 0 atom stereocenters. The SMILES string of the molecule is COc1cccc(C(=O)Nc2ccc(Nc3ccccc3C(C)C)nc2)c1. The van der Waals surface area contributed by atoms with Gasteiger partial charge in [-0.15, -0.1) is 0 Å². The number of nitrogens with zero attached hydrogens (tertiary/aromatic N) is 1. The molecule has 0 saturated heterocycles. The summed E-state index contributed by atoms with van der Waals surface area (Å²) >= 11 is 0. The van der Waals surface area contributed by atoms with E-state index in [4.69, 9.17) is 4.74 Å². The van der Waals surface area contributed by atoms with Crippen molar-refractivity contribution in [3.05, 3.63) is 78.0 Å². The molecule has 1 heterocycles. The van der Waals surface area contributed by atoms with Gasteiger partial charge in [0.05, 0.1) is 19.0 Å². The van der Waals surface area contributed by atoms with E-state index in [1.807, 2.05) is 30.3 Å². The summed E-state index contributed by atoms with van der Waals surface area (Å²) in [5.74, 6) is 1.57. The molecule has 0 radical (unpaired) electrons. The van der Waals surface area contributed by atoms with Crippen LogP contribution in [-0.4, -0.2) is 18.0 Å². The third kappa shape index (κ3) is 4.64. The standard InChI is InChI=1S/C22H23N3O2/c1-15(2)19-9-4-5-10-20(19)25-21-12-11-17(14-23-21)24-22(26)16-7-6-8-18(13-16)27-3/h4-15H,1-3H3,(H,23,25)(H,24,26). The maximum absolute atomic E-state index is 12.4. The maximum atomic E-state index is 12.4. The quantitative estimate of drug-likeness (QED) is 0.633. The molecule has 0 saturated carbocycles. The lowest BCUT2D eigenvalue weighted by Gasteiger charge is -2.14. The van der Waals surface area contributed by atoms with E-state index in [-0.39, 0.29) is 5.91 Å². The molecule has 2 N–H and O–H groups in total. The number of benzene rings is 2. The second-order valence-corrected chi connectivity index (χ2v) is 6.49. The first-order valence-electron chi connectivity index (χ1n) is 8.84. The highest BCUT2D eigenvalue weighted by atomic mass is 16.5. The molecular formula is C22H23N3O2. The van der Waals surface area contributed by atoms with Crippen LogP contribution in [0.5, 0.6) is 5.75 Å². The van der Waals surface area contributed by atoms with Gasteiger partial charge in [-0.2, -0.15) is 0 Å². The number of aromatic nitrogens is 1. The van der Waals surface area contributed by atoms with Crippen LogP contribution >= 0.6 is 0 Å². The van der Waals surface area contributed by atoms with Crippen LogP contribution in [0, 0.1) is 0 Å². The van der Waals surface area contributed by atoms with Crippen LogP contribution in [0.2, 0.25) is 0 Å². The van der Waals surface area contributed by atoms with Gasteiger partial charge in [0.2, 0.25) is 0 Å². The molecule has 0 spiro atoms. The van der Waals surface area contributed by atoms with Crippen molar-refractivity contribution in [1.82, 2.24) is 4.98 Å². The minimum Gasteiger partial charge on any atom is -0.497 e. The summed E-state index contributed by atoms with van der Waals surface area (Å²) in [4.78, 5) is 16.8. The molecule has 138 valence electrons. The number of pyridine rings is 1. The molecule has 0 aliphatic heterocycles. The van der Waals surface area contributed by atoms with Crippen LogP contribution in [0.1, 0.15) is 35.7 Å². The van der Waals surface area contributed by atoms with Gasteiger partial charge >= 0.3 is 0 Å². The Labute approximate surface area is 159 Å². The third-order valence-electron chi connectivity index (χ3n) is 4.20. The first-order chi connectivity index (χ1) is 13.1. The average Bonchev–Trinajstić information content (AvgIpc) is 2.69. The second kappa shape index (κ2) is 8.36. The molecule has 1 amide bonds. The highest BCUT2D eigenvalue weighted by molar-refractivity contribution is 6.04. The Bertz CT molecular complexity index is 921. The molecule has 2 aromatic carbocycles. The van der Waals surface area contributed by atoms with Crippen molar-refractivity contribution in [3.8, 4) is 5.75 Å². The van der Waals surface area contributed by atoms with Crippen LogP contribution < -0.4 is 15.4 Å². The lowest BCUT2D eigenvalue weighted by Crippen LogP contribution is -2.12. The molecule has 27 heavy (non-hydrogen) atoms. The zero-order valence-electron chi connectivity index (χ0n) is 15.7. The molecule has 3 rings (SSSR count). The van der Waals surface area contributed by atoms with Gasteiger partial charge < -0.3 is 15.4 Å². The second-order valence-electron chi connectivity index (χ2n) is 6.49. The van der Waals surface area contributed by atoms with Gasteiger partial charge in [-0.05, 0) is 47.9 Å². The van der Waals surface area contributed by atoms with Gasteiger partial charge in [-0.25, -0.2) is 4.98 Å². The minimum atomic E-state index is -0.207. The Kier molecular flexibility index (Phi) is 5.71. The molecule has 5 nitrogen and oxygen atoms in total. The molecule has 5 heteroatoms. The van der Waals surface area contributed by atoms with Gasteiger partial charge in [0.1, 0.15) is 11.6 Å². The van der Waals surface area contributed by atoms with Crippen LogP contribution in [0.4, 0.5) is 17.2 Å². The van der Waals surface area contributed by atoms with E-state index in [2.05, 4.69) is 35.5 Å². The fourth-order valence-corrected chi connectivity index (χ4v) is 2.76.